The van der Waals surface area contributed by atoms with E-state index in [4.69, 9.17) is 0 Å². The molecular weight excluding hydrogens is 502 g/mol. The van der Waals surface area contributed by atoms with E-state index >= 15 is 0 Å². The summed E-state index contributed by atoms with van der Waals surface area (Å²) in [5, 5.41) is 0. The Morgan fingerprint density at radius 1 is 0.875 bits per heavy atom. The largest absolute Gasteiger partial charge is 1.00 e. The number of hydrogen-bond acceptors (Lipinski definition) is 0. The van der Waals surface area contributed by atoms with Crippen molar-refractivity contribution in [1.82, 2.24) is 0 Å². The fourth-order valence-electron chi connectivity index (χ4n) is 1.98. The van der Waals surface area contributed by atoms with Crippen LogP contribution < -0.4 is 24.8 Å². The Morgan fingerprint density at radius 2 is 1.21 bits per heavy atom. The normalized spacial score (nSPS) is 13.4. The van der Waals surface area contributed by atoms with Crippen LogP contribution in [0.4, 0.5) is 0 Å². The molecule has 2 rings (SSSR count). The summed E-state index contributed by atoms with van der Waals surface area (Å²) < 4.78 is 1.56. The van der Waals surface area contributed by atoms with Crippen LogP contribution in [-0.4, -0.2) is 3.26 Å². The molecule has 0 aliphatic heterocycles. The first-order chi connectivity index (χ1) is 10.6. The average Bonchev–Trinajstić information content (AvgIpc) is 3.16. The second kappa shape index (κ2) is 21.3. The molecule has 0 aromatic carbocycles. The molecule has 0 atom stereocenters. The molecule has 2 aliphatic rings. The van der Waals surface area contributed by atoms with Gasteiger partial charge in [-0.3, -0.25) is 12.2 Å². The van der Waals surface area contributed by atoms with Gasteiger partial charge in [-0.05, 0) is 0 Å². The zero-order valence-electron chi connectivity index (χ0n) is 15.7. The quantitative estimate of drug-likeness (QED) is 0.344. The number of allylic oxidation sites excluding steroid dienone is 8. The molecule has 0 amide bonds. The van der Waals surface area contributed by atoms with Gasteiger partial charge < -0.3 is 24.8 Å². The van der Waals surface area contributed by atoms with E-state index in [9.17, 15) is 0 Å². The summed E-state index contributed by atoms with van der Waals surface area (Å²) >= 11 is 1.27. The molecule has 0 nitrogen and oxygen atoms in total. The molecule has 0 radical (unpaired) electrons. The Bertz CT molecular complexity index is 380. The number of rotatable bonds is 6. The monoisotopic (exact) mass is 534 g/mol. The Morgan fingerprint density at radius 3 is 1.42 bits per heavy atom. The Kier molecular flexibility index (Phi) is 25.8. The van der Waals surface area contributed by atoms with Gasteiger partial charge in [0.05, 0.1) is 0 Å². The Hall–Kier alpha value is 0.280. The molecule has 0 saturated heterocycles. The van der Waals surface area contributed by atoms with Crippen molar-refractivity contribution in [3.8, 4) is 0 Å². The molecule has 0 aromatic rings. The molecule has 2 aliphatic carbocycles. The van der Waals surface area contributed by atoms with Gasteiger partial charge in [-0.15, -0.1) is 12.8 Å². The number of hydrogen-bond donors (Lipinski definition) is 0. The molecule has 0 fully saturated rings. The fraction of sp³-hybridized carbons (Fsp3) is 0.571. The molecule has 0 saturated carbocycles. The summed E-state index contributed by atoms with van der Waals surface area (Å²) in [6.07, 6.45) is 25.1. The summed E-state index contributed by atoms with van der Waals surface area (Å²) in [6, 6.07) is 0. The van der Waals surface area contributed by atoms with Gasteiger partial charge >= 0.3 is 41.0 Å². The Balaban J connectivity index is -0.000000283. The number of halogens is 2. The van der Waals surface area contributed by atoms with Crippen molar-refractivity contribution in [2.45, 2.75) is 79.1 Å². The van der Waals surface area contributed by atoms with Gasteiger partial charge in [-0.2, -0.15) is 12.2 Å². The van der Waals surface area contributed by atoms with Crippen molar-refractivity contribution in [3.05, 3.63) is 47.6 Å². The van der Waals surface area contributed by atoms with E-state index in [1.54, 1.807) is 3.26 Å². The van der Waals surface area contributed by atoms with Crippen molar-refractivity contribution in [2.75, 3.05) is 0 Å². The minimum atomic E-state index is 0. The first-order valence-corrected chi connectivity index (χ1v) is 10.4. The molecule has 0 heterocycles. The van der Waals surface area contributed by atoms with Gasteiger partial charge in [0.2, 0.25) is 0 Å². The van der Waals surface area contributed by atoms with Crippen molar-refractivity contribution in [1.29, 1.82) is 0 Å². The molecule has 0 aromatic heterocycles. The SMILES string of the molecule is CCCCC1=[C-]CC=C1.CCCCC1=[C-]CC=C1.C[C](C)=[Hf+2].[Cl-].[Cl-]. The molecule has 0 spiro atoms. The summed E-state index contributed by atoms with van der Waals surface area (Å²) in [4.78, 5) is 0. The van der Waals surface area contributed by atoms with Crippen molar-refractivity contribution in [3.63, 3.8) is 0 Å². The van der Waals surface area contributed by atoms with Crippen LogP contribution in [0.15, 0.2) is 35.5 Å². The van der Waals surface area contributed by atoms with Crippen molar-refractivity contribution >= 4 is 3.26 Å². The van der Waals surface area contributed by atoms with Gasteiger partial charge in [-0.1, -0.05) is 52.4 Å². The minimum Gasteiger partial charge on any atom is -1.00 e. The van der Waals surface area contributed by atoms with Crippen LogP contribution in [-0.2, 0) is 23.9 Å². The predicted octanol–water partition coefficient (Wildman–Crippen LogP) is 0.486. The van der Waals surface area contributed by atoms with Crippen LogP contribution in [0.25, 0.3) is 0 Å². The third-order valence-electron chi connectivity index (χ3n) is 3.13. The summed E-state index contributed by atoms with van der Waals surface area (Å²) in [5.74, 6) is 0. The zero-order chi connectivity index (χ0) is 16.6. The topological polar surface area (TPSA) is 0 Å². The van der Waals surface area contributed by atoms with Crippen molar-refractivity contribution < 1.29 is 48.7 Å². The van der Waals surface area contributed by atoms with Crippen molar-refractivity contribution in [2.24, 2.45) is 0 Å². The minimum absolute atomic E-state index is 0. The molecule has 0 N–H and O–H groups in total. The molecular formula is C21H32Cl2Hf-2. The van der Waals surface area contributed by atoms with Gasteiger partial charge in [0.25, 0.3) is 0 Å². The van der Waals surface area contributed by atoms with E-state index in [0.717, 1.165) is 12.8 Å². The Labute approximate surface area is 177 Å². The maximum absolute atomic E-state index is 3.30. The second-order valence-corrected chi connectivity index (χ2v) is 9.42. The first kappa shape index (κ1) is 29.1. The van der Waals surface area contributed by atoms with Gasteiger partial charge in [0, 0.05) is 0 Å². The maximum atomic E-state index is 3.30. The van der Waals surface area contributed by atoms with Gasteiger partial charge in [0.15, 0.2) is 0 Å². The van der Waals surface area contributed by atoms with E-state index in [0.29, 0.717) is 0 Å². The van der Waals surface area contributed by atoms with Crippen LogP contribution in [0.3, 0.4) is 0 Å². The van der Waals surface area contributed by atoms with Crippen LogP contribution in [0.2, 0.25) is 0 Å². The average molecular weight is 534 g/mol. The van der Waals surface area contributed by atoms with Crippen LogP contribution >= 0.6 is 0 Å². The first-order valence-electron chi connectivity index (χ1n) is 8.64. The third-order valence-corrected chi connectivity index (χ3v) is 3.13. The maximum Gasteiger partial charge on any atom is -1.00 e. The third kappa shape index (κ3) is 20.3. The molecule has 24 heavy (non-hydrogen) atoms. The summed E-state index contributed by atoms with van der Waals surface area (Å²) in [7, 11) is 0. The van der Waals surface area contributed by atoms with Crippen LogP contribution in [0.5, 0.6) is 0 Å². The summed E-state index contributed by atoms with van der Waals surface area (Å²) in [6.45, 7) is 8.73. The molecule has 136 valence electrons. The number of unbranched alkanes of at least 4 members (excludes halogenated alkanes) is 2. The van der Waals surface area contributed by atoms with E-state index in [2.05, 4.69) is 64.2 Å². The van der Waals surface area contributed by atoms with E-state index < -0.39 is 0 Å². The molecule has 0 unspecified atom stereocenters. The van der Waals surface area contributed by atoms with E-state index in [1.165, 1.54) is 73.6 Å². The zero-order valence-corrected chi connectivity index (χ0v) is 20.8. The van der Waals surface area contributed by atoms with Crippen LogP contribution in [0.1, 0.15) is 79.1 Å². The van der Waals surface area contributed by atoms with E-state index in [-0.39, 0.29) is 24.8 Å². The smallest absolute Gasteiger partial charge is 1.00 e. The standard InChI is InChI=1S/2C9H13.C3H6.2ClH.Hf/c2*1-2-3-6-9-7-4-5-8-9;1-3-2;;;/h2*4,7H,2-3,5-6H2,1H3;1-2H3;2*1H;/q2*-1;;;;+2/p-2. The van der Waals surface area contributed by atoms with Gasteiger partial charge in [-0.25, -0.2) is 23.3 Å². The fourth-order valence-corrected chi connectivity index (χ4v) is 1.98. The predicted molar refractivity (Wildman–Crippen MR) is 96.4 cm³/mol. The van der Waals surface area contributed by atoms with E-state index in [1.807, 2.05) is 0 Å². The summed E-state index contributed by atoms with van der Waals surface area (Å²) in [5.41, 5.74) is 2.83. The molecule has 0 bridgehead atoms. The van der Waals surface area contributed by atoms with Crippen LogP contribution in [0, 0.1) is 12.2 Å². The molecule has 3 heteroatoms. The second-order valence-electron chi connectivity index (χ2n) is 5.82. The van der Waals surface area contributed by atoms with Gasteiger partial charge in [0.1, 0.15) is 0 Å².